The summed E-state index contributed by atoms with van der Waals surface area (Å²) in [6.45, 7) is 0. The molecule has 0 saturated carbocycles. The number of alkyl halides is 3. The molecular weight excluding hydrogens is 465 g/mol. The van der Waals surface area contributed by atoms with Crippen LogP contribution in [0.1, 0.15) is 5.56 Å². The molecule has 4 rings (SSSR count). The summed E-state index contributed by atoms with van der Waals surface area (Å²) in [5.41, 5.74) is -1.40. The Morgan fingerprint density at radius 3 is 1.76 bits per heavy atom. The molecule has 0 aliphatic heterocycles. The van der Waals surface area contributed by atoms with Gasteiger partial charge in [0.1, 0.15) is 11.5 Å². The van der Waals surface area contributed by atoms with Crippen molar-refractivity contribution in [1.82, 2.24) is 19.6 Å². The van der Waals surface area contributed by atoms with Gasteiger partial charge < -0.3 is 10.2 Å². The van der Waals surface area contributed by atoms with Crippen LogP contribution in [0.2, 0.25) is 5.02 Å². The fourth-order valence-electron chi connectivity index (χ4n) is 2.58. The van der Waals surface area contributed by atoms with Crippen LogP contribution in [0.15, 0.2) is 82.6 Å². The van der Waals surface area contributed by atoms with Crippen molar-refractivity contribution in [2.45, 2.75) is 6.18 Å². The lowest BCUT2D eigenvalue weighted by Crippen LogP contribution is -2.20. The number of benzene rings is 2. The van der Waals surface area contributed by atoms with E-state index in [9.17, 15) is 22.8 Å². The Labute approximate surface area is 188 Å². The van der Waals surface area contributed by atoms with E-state index in [0.29, 0.717) is 10.7 Å². The molecule has 2 N–H and O–H groups in total. The predicted octanol–water partition coefficient (Wildman–Crippen LogP) is 3.55. The van der Waals surface area contributed by atoms with Crippen LogP contribution in [0.5, 0.6) is 11.5 Å². The molecule has 12 heteroatoms. The van der Waals surface area contributed by atoms with Crippen molar-refractivity contribution >= 4 is 11.6 Å². The summed E-state index contributed by atoms with van der Waals surface area (Å²) in [6, 6.07) is 12.9. The van der Waals surface area contributed by atoms with Crippen LogP contribution in [-0.4, -0.2) is 29.8 Å². The normalized spacial score (nSPS) is 10.9. The zero-order valence-corrected chi connectivity index (χ0v) is 17.2. The molecular formula is C21H14ClF3N4O4. The van der Waals surface area contributed by atoms with Gasteiger partial charge in [0.05, 0.1) is 29.3 Å². The molecule has 2 aromatic heterocycles. The Balaban J connectivity index is 0.000000189. The lowest BCUT2D eigenvalue weighted by molar-refractivity contribution is -0.137. The van der Waals surface area contributed by atoms with Crippen molar-refractivity contribution in [3.8, 4) is 22.9 Å². The zero-order chi connectivity index (χ0) is 24.2. The van der Waals surface area contributed by atoms with Gasteiger partial charge in [0, 0.05) is 17.2 Å². The predicted molar refractivity (Wildman–Crippen MR) is 113 cm³/mol. The monoisotopic (exact) mass is 478 g/mol. The van der Waals surface area contributed by atoms with Crippen LogP contribution in [0.25, 0.3) is 11.4 Å². The molecule has 0 spiro atoms. The summed E-state index contributed by atoms with van der Waals surface area (Å²) in [5, 5.41) is 26.0. The average Bonchev–Trinajstić information content (AvgIpc) is 2.75. The second kappa shape index (κ2) is 9.57. The molecule has 0 bridgehead atoms. The van der Waals surface area contributed by atoms with E-state index in [1.807, 2.05) is 0 Å². The molecule has 0 saturated heterocycles. The topological polar surface area (TPSA) is 110 Å². The maximum atomic E-state index is 12.5. The third-order valence-corrected chi connectivity index (χ3v) is 4.31. The molecule has 170 valence electrons. The van der Waals surface area contributed by atoms with Gasteiger partial charge in [-0.1, -0.05) is 17.7 Å². The number of nitrogens with zero attached hydrogens (tertiary/aromatic N) is 4. The van der Waals surface area contributed by atoms with Crippen molar-refractivity contribution in [3.63, 3.8) is 0 Å². The molecule has 2 heterocycles. The van der Waals surface area contributed by atoms with Crippen molar-refractivity contribution in [2.75, 3.05) is 0 Å². The third-order valence-electron chi connectivity index (χ3n) is 4.06. The van der Waals surface area contributed by atoms with Gasteiger partial charge in [-0.15, -0.1) is 0 Å². The summed E-state index contributed by atoms with van der Waals surface area (Å²) >= 11 is 5.72. The van der Waals surface area contributed by atoms with Crippen LogP contribution in [0.3, 0.4) is 0 Å². The molecule has 33 heavy (non-hydrogen) atoms. The number of hydrogen-bond donors (Lipinski definition) is 2. The Hall–Kier alpha value is -4.12. The highest BCUT2D eigenvalue weighted by Crippen LogP contribution is 2.30. The smallest absolute Gasteiger partial charge is 0.416 e. The second-order valence-corrected chi connectivity index (χ2v) is 6.89. The zero-order valence-electron chi connectivity index (χ0n) is 16.4. The van der Waals surface area contributed by atoms with Crippen LogP contribution in [-0.2, 0) is 6.18 Å². The highest BCUT2D eigenvalue weighted by Gasteiger charge is 2.30. The van der Waals surface area contributed by atoms with E-state index in [-0.39, 0.29) is 17.2 Å². The lowest BCUT2D eigenvalue weighted by atomic mass is 10.2. The second-order valence-electron chi connectivity index (χ2n) is 6.45. The maximum absolute atomic E-state index is 12.5. The summed E-state index contributed by atoms with van der Waals surface area (Å²) in [4.78, 5) is 22.9. The Kier molecular flexibility index (Phi) is 6.83. The highest BCUT2D eigenvalue weighted by atomic mass is 35.5. The molecule has 0 atom stereocenters. The van der Waals surface area contributed by atoms with Crippen LogP contribution >= 0.6 is 11.6 Å². The van der Waals surface area contributed by atoms with Crippen molar-refractivity contribution in [3.05, 3.63) is 104 Å². The van der Waals surface area contributed by atoms with E-state index in [1.165, 1.54) is 23.0 Å². The summed E-state index contributed by atoms with van der Waals surface area (Å²) < 4.78 is 39.5. The van der Waals surface area contributed by atoms with E-state index in [4.69, 9.17) is 21.8 Å². The molecule has 0 aliphatic carbocycles. The molecule has 0 fully saturated rings. The summed E-state index contributed by atoms with van der Waals surface area (Å²) in [6.07, 6.45) is -2.31. The lowest BCUT2D eigenvalue weighted by Gasteiger charge is -2.09. The fraction of sp³-hybridized carbons (Fsp3) is 0.0476. The largest absolute Gasteiger partial charge is 0.506 e. The van der Waals surface area contributed by atoms with Gasteiger partial charge >= 0.3 is 6.18 Å². The number of aromatic nitrogens is 4. The highest BCUT2D eigenvalue weighted by molar-refractivity contribution is 6.30. The average molecular weight is 479 g/mol. The third kappa shape index (κ3) is 5.98. The fourth-order valence-corrected chi connectivity index (χ4v) is 2.71. The van der Waals surface area contributed by atoms with E-state index >= 15 is 0 Å². The van der Waals surface area contributed by atoms with Crippen LogP contribution < -0.4 is 11.1 Å². The molecule has 4 aromatic rings. The summed E-state index contributed by atoms with van der Waals surface area (Å²) in [7, 11) is 0. The standard InChI is InChI=1S/C11H7F3N2O2.C10H7ClN2O2/c12-11(13,14)7-2-1-3-8(4-7)16-10(18)5-9(17)6-15-16;11-7-1-3-8(4-2-7)13-10(15)5-9(14)6-12-13/h1-6,17H;1-6,14H. The minimum absolute atomic E-state index is 0.0187. The minimum Gasteiger partial charge on any atom is -0.506 e. The van der Waals surface area contributed by atoms with Gasteiger partial charge in [-0.2, -0.15) is 32.7 Å². The van der Waals surface area contributed by atoms with E-state index in [0.717, 1.165) is 35.1 Å². The number of rotatable bonds is 2. The number of hydrogen-bond acceptors (Lipinski definition) is 6. The van der Waals surface area contributed by atoms with Crippen LogP contribution in [0.4, 0.5) is 13.2 Å². The van der Waals surface area contributed by atoms with Gasteiger partial charge in [0.15, 0.2) is 0 Å². The van der Waals surface area contributed by atoms with Gasteiger partial charge in [-0.3, -0.25) is 9.59 Å². The van der Waals surface area contributed by atoms with E-state index in [1.54, 1.807) is 24.3 Å². The maximum Gasteiger partial charge on any atom is 0.416 e. The molecule has 0 radical (unpaired) electrons. The quantitative estimate of drug-likeness (QED) is 0.456. The Morgan fingerprint density at radius 2 is 1.27 bits per heavy atom. The van der Waals surface area contributed by atoms with E-state index < -0.39 is 22.9 Å². The molecule has 0 unspecified atom stereocenters. The molecule has 2 aromatic carbocycles. The Morgan fingerprint density at radius 1 is 0.758 bits per heavy atom. The molecule has 0 aliphatic rings. The van der Waals surface area contributed by atoms with E-state index in [2.05, 4.69) is 10.2 Å². The Bertz CT molecular complexity index is 1390. The van der Waals surface area contributed by atoms with Crippen molar-refractivity contribution in [2.24, 2.45) is 0 Å². The molecule has 8 nitrogen and oxygen atoms in total. The number of halogens is 4. The molecule has 0 amide bonds. The van der Waals surface area contributed by atoms with Crippen molar-refractivity contribution in [1.29, 1.82) is 0 Å². The first-order valence-electron chi connectivity index (χ1n) is 9.05. The van der Waals surface area contributed by atoms with Gasteiger partial charge in [-0.25, -0.2) is 0 Å². The van der Waals surface area contributed by atoms with Gasteiger partial charge in [-0.05, 0) is 42.5 Å². The van der Waals surface area contributed by atoms with Crippen molar-refractivity contribution < 1.29 is 23.4 Å². The first-order valence-corrected chi connectivity index (χ1v) is 9.42. The minimum atomic E-state index is -4.49. The summed E-state index contributed by atoms with van der Waals surface area (Å²) in [5.74, 6) is -0.492. The van der Waals surface area contributed by atoms with Gasteiger partial charge in [0.25, 0.3) is 11.1 Å². The first kappa shape index (κ1) is 23.5. The van der Waals surface area contributed by atoms with Gasteiger partial charge in [0.2, 0.25) is 0 Å². The number of aromatic hydroxyl groups is 2. The SMILES string of the molecule is O=c1cc(O)cnn1-c1ccc(Cl)cc1.O=c1cc(O)cnn1-c1cccc(C(F)(F)F)c1. The first-order chi connectivity index (χ1) is 15.5. The van der Waals surface area contributed by atoms with Crippen LogP contribution in [0, 0.1) is 0 Å².